The van der Waals surface area contributed by atoms with Gasteiger partial charge in [-0.2, -0.15) is 0 Å². The lowest BCUT2D eigenvalue weighted by molar-refractivity contribution is 0.302. The summed E-state index contributed by atoms with van der Waals surface area (Å²) in [4.78, 5) is 4.18. The molecule has 17 heavy (non-hydrogen) atoms. The molecule has 2 heteroatoms. The molecule has 1 aliphatic carbocycles. The van der Waals surface area contributed by atoms with Gasteiger partial charge < -0.3 is 4.74 Å². The van der Waals surface area contributed by atoms with Crippen LogP contribution in [0, 0.1) is 0 Å². The van der Waals surface area contributed by atoms with Gasteiger partial charge in [0.2, 0.25) is 0 Å². The van der Waals surface area contributed by atoms with Crippen molar-refractivity contribution in [2.45, 2.75) is 25.4 Å². The highest BCUT2D eigenvalue weighted by molar-refractivity contribution is 5.36. The quantitative estimate of drug-likeness (QED) is 0.794. The molecule has 1 saturated carbocycles. The fraction of sp³-hybridized carbons (Fsp3) is 0.267. The van der Waals surface area contributed by atoms with E-state index in [4.69, 9.17) is 4.74 Å². The average molecular weight is 225 g/mol. The number of pyridine rings is 1. The first-order valence-electron chi connectivity index (χ1n) is 6.04. The van der Waals surface area contributed by atoms with Gasteiger partial charge in [-0.15, -0.1) is 0 Å². The van der Waals surface area contributed by atoms with E-state index >= 15 is 0 Å². The van der Waals surface area contributed by atoms with Gasteiger partial charge in [-0.3, -0.25) is 4.98 Å². The van der Waals surface area contributed by atoms with Crippen LogP contribution in [0.1, 0.15) is 29.9 Å². The molecule has 0 spiro atoms. The fourth-order valence-electron chi connectivity index (χ4n) is 1.96. The van der Waals surface area contributed by atoms with E-state index in [2.05, 4.69) is 17.1 Å². The SMILES string of the molecule is c1ccc(COc2ccncc2C2CC2)cc1. The first-order valence-corrected chi connectivity index (χ1v) is 6.04. The maximum Gasteiger partial charge on any atom is 0.126 e. The Morgan fingerprint density at radius 1 is 1.12 bits per heavy atom. The third-order valence-corrected chi connectivity index (χ3v) is 3.06. The maximum atomic E-state index is 5.88. The molecule has 1 aromatic carbocycles. The predicted octanol–water partition coefficient (Wildman–Crippen LogP) is 3.54. The zero-order valence-electron chi connectivity index (χ0n) is 9.67. The minimum absolute atomic E-state index is 0.630. The summed E-state index contributed by atoms with van der Waals surface area (Å²) < 4.78 is 5.88. The van der Waals surface area contributed by atoms with Crippen LogP contribution in [-0.4, -0.2) is 4.98 Å². The van der Waals surface area contributed by atoms with Crippen molar-refractivity contribution >= 4 is 0 Å². The van der Waals surface area contributed by atoms with Crippen LogP contribution < -0.4 is 4.74 Å². The van der Waals surface area contributed by atoms with Gasteiger partial charge in [-0.1, -0.05) is 30.3 Å². The summed E-state index contributed by atoms with van der Waals surface area (Å²) in [6, 6.07) is 12.2. The topological polar surface area (TPSA) is 22.1 Å². The molecular formula is C15H15NO. The van der Waals surface area contributed by atoms with Crippen LogP contribution in [0.25, 0.3) is 0 Å². The first-order chi connectivity index (χ1) is 8.43. The second kappa shape index (κ2) is 4.58. The van der Waals surface area contributed by atoms with Crippen LogP contribution in [0.5, 0.6) is 5.75 Å². The molecule has 2 aromatic rings. The number of hydrogen-bond acceptors (Lipinski definition) is 2. The summed E-state index contributed by atoms with van der Waals surface area (Å²) in [5.74, 6) is 1.67. The molecule has 0 unspecified atom stereocenters. The summed E-state index contributed by atoms with van der Waals surface area (Å²) in [5.41, 5.74) is 2.47. The van der Waals surface area contributed by atoms with Gasteiger partial charge in [0.25, 0.3) is 0 Å². The summed E-state index contributed by atoms with van der Waals surface area (Å²) in [7, 11) is 0. The third-order valence-electron chi connectivity index (χ3n) is 3.06. The summed E-state index contributed by atoms with van der Waals surface area (Å²) in [6.07, 6.45) is 6.28. The second-order valence-electron chi connectivity index (χ2n) is 4.46. The van der Waals surface area contributed by atoms with Crippen LogP contribution in [0.4, 0.5) is 0 Å². The van der Waals surface area contributed by atoms with Crippen molar-refractivity contribution < 1.29 is 4.74 Å². The molecule has 2 nitrogen and oxygen atoms in total. The van der Waals surface area contributed by atoms with Crippen LogP contribution in [0.15, 0.2) is 48.8 Å². The molecule has 0 atom stereocenters. The smallest absolute Gasteiger partial charge is 0.126 e. The monoisotopic (exact) mass is 225 g/mol. The number of rotatable bonds is 4. The van der Waals surface area contributed by atoms with E-state index in [9.17, 15) is 0 Å². The summed E-state index contributed by atoms with van der Waals surface area (Å²) in [5, 5.41) is 0. The van der Waals surface area contributed by atoms with Gasteiger partial charge in [-0.25, -0.2) is 0 Å². The standard InChI is InChI=1S/C15H15NO/c1-2-4-12(5-3-1)11-17-15-8-9-16-10-14(15)13-6-7-13/h1-5,8-10,13H,6-7,11H2. The van der Waals surface area contributed by atoms with Crippen molar-refractivity contribution in [3.63, 3.8) is 0 Å². The molecule has 0 radical (unpaired) electrons. The van der Waals surface area contributed by atoms with Gasteiger partial charge in [0.1, 0.15) is 12.4 Å². The number of benzene rings is 1. The highest BCUT2D eigenvalue weighted by Crippen LogP contribution is 2.43. The molecule has 0 aliphatic heterocycles. The van der Waals surface area contributed by atoms with E-state index in [1.54, 1.807) is 6.20 Å². The van der Waals surface area contributed by atoms with Crippen molar-refractivity contribution in [3.8, 4) is 5.75 Å². The van der Waals surface area contributed by atoms with Crippen LogP contribution in [0.3, 0.4) is 0 Å². The predicted molar refractivity (Wildman–Crippen MR) is 67.0 cm³/mol. The molecule has 0 bridgehead atoms. The molecule has 1 aromatic heterocycles. The third kappa shape index (κ3) is 2.47. The number of ether oxygens (including phenoxy) is 1. The van der Waals surface area contributed by atoms with Crippen LogP contribution in [0.2, 0.25) is 0 Å². The molecular weight excluding hydrogens is 210 g/mol. The van der Waals surface area contributed by atoms with E-state index in [0.29, 0.717) is 12.5 Å². The summed E-state index contributed by atoms with van der Waals surface area (Å²) >= 11 is 0. The zero-order valence-corrected chi connectivity index (χ0v) is 9.67. The largest absolute Gasteiger partial charge is 0.488 e. The van der Waals surface area contributed by atoms with E-state index in [1.807, 2.05) is 30.5 Å². The van der Waals surface area contributed by atoms with Crippen molar-refractivity contribution in [3.05, 3.63) is 59.9 Å². The molecule has 1 fully saturated rings. The molecule has 1 heterocycles. The van der Waals surface area contributed by atoms with Gasteiger partial charge in [0.05, 0.1) is 0 Å². The number of aromatic nitrogens is 1. The summed E-state index contributed by atoms with van der Waals surface area (Å²) in [6.45, 7) is 0.630. The van der Waals surface area contributed by atoms with Crippen molar-refractivity contribution in [1.29, 1.82) is 0 Å². The van der Waals surface area contributed by atoms with Gasteiger partial charge in [-0.05, 0) is 30.4 Å². The molecule has 1 aliphatic rings. The Morgan fingerprint density at radius 2 is 1.94 bits per heavy atom. The normalized spacial score (nSPS) is 14.6. The molecule has 3 rings (SSSR count). The Bertz CT molecular complexity index is 491. The molecule has 0 amide bonds. The zero-order chi connectivity index (χ0) is 11.5. The molecule has 0 saturated heterocycles. The van der Waals surface area contributed by atoms with Gasteiger partial charge in [0, 0.05) is 18.0 Å². The Labute approximate surface area is 101 Å². The molecule has 86 valence electrons. The van der Waals surface area contributed by atoms with Crippen molar-refractivity contribution in [2.75, 3.05) is 0 Å². The highest BCUT2D eigenvalue weighted by Gasteiger charge is 2.26. The van der Waals surface area contributed by atoms with E-state index in [-0.39, 0.29) is 0 Å². The van der Waals surface area contributed by atoms with Gasteiger partial charge in [0.15, 0.2) is 0 Å². The lowest BCUT2D eigenvalue weighted by atomic mass is 10.2. The Kier molecular flexibility index (Phi) is 2.78. The van der Waals surface area contributed by atoms with Crippen molar-refractivity contribution in [1.82, 2.24) is 4.98 Å². The lowest BCUT2D eigenvalue weighted by Crippen LogP contribution is -1.98. The van der Waals surface area contributed by atoms with Gasteiger partial charge >= 0.3 is 0 Å². The number of hydrogen-bond donors (Lipinski definition) is 0. The second-order valence-corrected chi connectivity index (χ2v) is 4.46. The number of nitrogens with zero attached hydrogens (tertiary/aromatic N) is 1. The Balaban J connectivity index is 1.73. The van der Waals surface area contributed by atoms with Crippen LogP contribution >= 0.6 is 0 Å². The average Bonchev–Trinajstić information content (AvgIpc) is 3.22. The maximum absolute atomic E-state index is 5.88. The first kappa shape index (κ1) is 10.3. The Hall–Kier alpha value is -1.83. The van der Waals surface area contributed by atoms with E-state index in [0.717, 1.165) is 5.75 Å². The Morgan fingerprint density at radius 3 is 2.71 bits per heavy atom. The van der Waals surface area contributed by atoms with Crippen molar-refractivity contribution in [2.24, 2.45) is 0 Å². The highest BCUT2D eigenvalue weighted by atomic mass is 16.5. The van der Waals surface area contributed by atoms with E-state index < -0.39 is 0 Å². The van der Waals surface area contributed by atoms with E-state index in [1.165, 1.54) is 24.0 Å². The lowest BCUT2D eigenvalue weighted by Gasteiger charge is -2.10. The minimum Gasteiger partial charge on any atom is -0.488 e. The molecule has 0 N–H and O–H groups in total. The fourth-order valence-corrected chi connectivity index (χ4v) is 1.96. The van der Waals surface area contributed by atoms with Crippen LogP contribution in [-0.2, 0) is 6.61 Å². The minimum atomic E-state index is 0.630.